The van der Waals surface area contributed by atoms with Gasteiger partial charge in [-0.2, -0.15) is 0 Å². The largest absolute Gasteiger partial charge is 0.372 e. The van der Waals surface area contributed by atoms with Crippen LogP contribution in [-0.2, 0) is 0 Å². The van der Waals surface area contributed by atoms with Crippen molar-refractivity contribution in [3.05, 3.63) is 63.2 Å². The van der Waals surface area contributed by atoms with Gasteiger partial charge in [0.2, 0.25) is 0 Å². The number of hydrogen-bond donors (Lipinski definition) is 1. The third kappa shape index (κ3) is 4.15. The molecule has 6 heteroatoms. The van der Waals surface area contributed by atoms with Gasteiger partial charge in [0.1, 0.15) is 0 Å². The molecule has 6 nitrogen and oxygen atoms in total. The van der Waals surface area contributed by atoms with Crippen molar-refractivity contribution in [3.63, 3.8) is 0 Å². The van der Waals surface area contributed by atoms with Crippen LogP contribution >= 0.6 is 0 Å². The maximum absolute atomic E-state index is 12.4. The predicted molar refractivity (Wildman–Crippen MR) is 101 cm³/mol. The fourth-order valence-corrected chi connectivity index (χ4v) is 2.72. The molecule has 0 radical (unpaired) electrons. The first kappa shape index (κ1) is 18.4. The fourth-order valence-electron chi connectivity index (χ4n) is 2.72. The molecule has 0 aliphatic carbocycles. The highest BCUT2D eigenvalue weighted by atomic mass is 16.6. The number of amides is 1. The van der Waals surface area contributed by atoms with E-state index in [1.807, 2.05) is 25.1 Å². The number of benzene rings is 2. The summed E-state index contributed by atoms with van der Waals surface area (Å²) in [6.07, 6.45) is 0. The summed E-state index contributed by atoms with van der Waals surface area (Å²) < 4.78 is 0. The standard InChI is InChI=1S/C19H23N3O3/c1-5-21(6-2)16-9-10-17(14(4)11-16)20-19(23)15-8-7-13(3)18(12-15)22(24)25/h7-12H,5-6H2,1-4H3,(H,20,23). The zero-order chi connectivity index (χ0) is 18.6. The van der Waals surface area contributed by atoms with Gasteiger partial charge >= 0.3 is 0 Å². The summed E-state index contributed by atoms with van der Waals surface area (Å²) in [5.41, 5.74) is 3.49. The summed E-state index contributed by atoms with van der Waals surface area (Å²) in [5, 5.41) is 13.9. The molecule has 0 saturated carbocycles. The zero-order valence-electron chi connectivity index (χ0n) is 15.0. The van der Waals surface area contributed by atoms with Crippen molar-refractivity contribution in [3.8, 4) is 0 Å². The molecule has 0 atom stereocenters. The fraction of sp³-hybridized carbons (Fsp3) is 0.316. The molecule has 1 N–H and O–H groups in total. The lowest BCUT2D eigenvalue weighted by Gasteiger charge is -2.22. The third-order valence-electron chi connectivity index (χ3n) is 4.25. The third-order valence-corrected chi connectivity index (χ3v) is 4.25. The lowest BCUT2D eigenvalue weighted by atomic mass is 10.1. The summed E-state index contributed by atoms with van der Waals surface area (Å²) in [4.78, 5) is 25.2. The molecule has 0 aliphatic rings. The van der Waals surface area contributed by atoms with Crippen LogP contribution in [0.5, 0.6) is 0 Å². The van der Waals surface area contributed by atoms with E-state index in [4.69, 9.17) is 0 Å². The number of nitro groups is 1. The smallest absolute Gasteiger partial charge is 0.273 e. The summed E-state index contributed by atoms with van der Waals surface area (Å²) >= 11 is 0. The number of hydrogen-bond acceptors (Lipinski definition) is 4. The second kappa shape index (κ2) is 7.79. The van der Waals surface area contributed by atoms with Crippen molar-refractivity contribution in [1.82, 2.24) is 0 Å². The average Bonchev–Trinajstić information content (AvgIpc) is 2.58. The van der Waals surface area contributed by atoms with E-state index < -0.39 is 4.92 Å². The molecule has 0 spiro atoms. The molecule has 2 rings (SSSR count). The predicted octanol–water partition coefficient (Wildman–Crippen LogP) is 4.31. The van der Waals surface area contributed by atoms with Crippen molar-refractivity contribution in [2.24, 2.45) is 0 Å². The zero-order valence-corrected chi connectivity index (χ0v) is 15.0. The van der Waals surface area contributed by atoms with Crippen LogP contribution in [0.1, 0.15) is 35.3 Å². The van der Waals surface area contributed by atoms with Crippen LogP contribution in [-0.4, -0.2) is 23.9 Å². The van der Waals surface area contributed by atoms with E-state index in [9.17, 15) is 14.9 Å². The van der Waals surface area contributed by atoms with Gasteiger partial charge in [-0.25, -0.2) is 0 Å². The quantitative estimate of drug-likeness (QED) is 0.627. The van der Waals surface area contributed by atoms with E-state index in [-0.39, 0.29) is 17.2 Å². The summed E-state index contributed by atoms with van der Waals surface area (Å²) in [7, 11) is 0. The number of carbonyl (C=O) groups is 1. The number of nitro benzene ring substituents is 1. The SMILES string of the molecule is CCN(CC)c1ccc(NC(=O)c2ccc(C)c([N+](=O)[O-])c2)c(C)c1. The molecule has 132 valence electrons. The van der Waals surface area contributed by atoms with Crippen molar-refractivity contribution >= 4 is 23.0 Å². The van der Waals surface area contributed by atoms with Gasteiger partial charge in [-0.1, -0.05) is 6.07 Å². The lowest BCUT2D eigenvalue weighted by molar-refractivity contribution is -0.385. The summed E-state index contributed by atoms with van der Waals surface area (Å²) in [6, 6.07) is 10.3. The van der Waals surface area contributed by atoms with E-state index in [0.717, 1.165) is 24.3 Å². The Morgan fingerprint density at radius 3 is 2.32 bits per heavy atom. The van der Waals surface area contributed by atoms with Crippen LogP contribution < -0.4 is 10.2 Å². The van der Waals surface area contributed by atoms with Gasteiger partial charge in [0.05, 0.1) is 4.92 Å². The van der Waals surface area contributed by atoms with Gasteiger partial charge in [0, 0.05) is 41.7 Å². The van der Waals surface area contributed by atoms with Crippen LogP contribution in [0.4, 0.5) is 17.1 Å². The van der Waals surface area contributed by atoms with Crippen LogP contribution in [0.15, 0.2) is 36.4 Å². The number of nitrogens with one attached hydrogen (secondary N) is 1. The number of nitrogens with zero attached hydrogens (tertiary/aromatic N) is 2. The molecule has 25 heavy (non-hydrogen) atoms. The Kier molecular flexibility index (Phi) is 5.75. The highest BCUT2D eigenvalue weighted by Gasteiger charge is 2.16. The minimum atomic E-state index is -0.476. The van der Waals surface area contributed by atoms with E-state index in [1.165, 1.54) is 6.07 Å². The lowest BCUT2D eigenvalue weighted by Crippen LogP contribution is -2.22. The first-order valence-corrected chi connectivity index (χ1v) is 8.29. The topological polar surface area (TPSA) is 75.5 Å². The van der Waals surface area contributed by atoms with E-state index in [2.05, 4.69) is 24.1 Å². The van der Waals surface area contributed by atoms with E-state index in [0.29, 0.717) is 11.3 Å². The van der Waals surface area contributed by atoms with Gasteiger partial charge < -0.3 is 10.2 Å². The Balaban J connectivity index is 2.23. The van der Waals surface area contributed by atoms with E-state index >= 15 is 0 Å². The number of anilines is 2. The first-order chi connectivity index (χ1) is 11.9. The monoisotopic (exact) mass is 341 g/mol. The molecule has 1 amide bonds. The Labute approximate surface area is 147 Å². The highest BCUT2D eigenvalue weighted by Crippen LogP contribution is 2.24. The molecule has 2 aromatic carbocycles. The van der Waals surface area contributed by atoms with Crippen molar-refractivity contribution in [2.45, 2.75) is 27.7 Å². The van der Waals surface area contributed by atoms with Crippen LogP contribution in [0.25, 0.3) is 0 Å². The second-order valence-corrected chi connectivity index (χ2v) is 5.88. The maximum Gasteiger partial charge on any atom is 0.273 e. The van der Waals surface area contributed by atoms with Crippen LogP contribution in [0.3, 0.4) is 0 Å². The van der Waals surface area contributed by atoms with Gasteiger partial charge in [0.25, 0.3) is 11.6 Å². The Morgan fingerprint density at radius 1 is 1.08 bits per heavy atom. The summed E-state index contributed by atoms with van der Waals surface area (Å²) in [5.74, 6) is -0.359. The molecule has 0 aliphatic heterocycles. The molecule has 0 fully saturated rings. The molecule has 0 aromatic heterocycles. The van der Waals surface area contributed by atoms with E-state index in [1.54, 1.807) is 19.1 Å². The Hall–Kier alpha value is -2.89. The van der Waals surface area contributed by atoms with Crippen molar-refractivity contribution in [1.29, 1.82) is 0 Å². The Bertz CT molecular complexity index is 798. The van der Waals surface area contributed by atoms with Gasteiger partial charge in [-0.15, -0.1) is 0 Å². The minimum absolute atomic E-state index is 0.0544. The molecular formula is C19H23N3O3. The number of aryl methyl sites for hydroxylation is 2. The van der Waals surface area contributed by atoms with Crippen LogP contribution in [0.2, 0.25) is 0 Å². The molecular weight excluding hydrogens is 318 g/mol. The normalized spacial score (nSPS) is 10.4. The van der Waals surface area contributed by atoms with Gasteiger partial charge in [0.15, 0.2) is 0 Å². The Morgan fingerprint density at radius 2 is 1.76 bits per heavy atom. The van der Waals surface area contributed by atoms with Crippen LogP contribution in [0, 0.1) is 24.0 Å². The average molecular weight is 341 g/mol. The van der Waals surface area contributed by atoms with Crippen molar-refractivity contribution in [2.75, 3.05) is 23.3 Å². The number of carbonyl (C=O) groups excluding carboxylic acids is 1. The summed E-state index contributed by atoms with van der Waals surface area (Å²) in [6.45, 7) is 9.59. The van der Waals surface area contributed by atoms with Gasteiger partial charge in [-0.3, -0.25) is 14.9 Å². The minimum Gasteiger partial charge on any atom is -0.372 e. The molecule has 0 unspecified atom stereocenters. The molecule has 0 saturated heterocycles. The molecule has 0 heterocycles. The number of rotatable bonds is 6. The van der Waals surface area contributed by atoms with Crippen molar-refractivity contribution < 1.29 is 9.72 Å². The second-order valence-electron chi connectivity index (χ2n) is 5.88. The highest BCUT2D eigenvalue weighted by molar-refractivity contribution is 6.05. The first-order valence-electron chi connectivity index (χ1n) is 8.29. The molecule has 0 bridgehead atoms. The van der Waals surface area contributed by atoms with Gasteiger partial charge in [-0.05, 0) is 57.5 Å². The molecule has 2 aromatic rings. The maximum atomic E-state index is 12.4.